The maximum Gasteiger partial charge on any atom is 0.253 e. The van der Waals surface area contributed by atoms with Crippen molar-refractivity contribution in [2.45, 2.75) is 52.0 Å². The van der Waals surface area contributed by atoms with E-state index in [1.165, 1.54) is 24.1 Å². The lowest BCUT2D eigenvalue weighted by Crippen LogP contribution is -2.28. The first-order chi connectivity index (χ1) is 11.1. The predicted molar refractivity (Wildman–Crippen MR) is 94.0 cm³/mol. The summed E-state index contributed by atoms with van der Waals surface area (Å²) in [5, 5.41) is 3.14. The van der Waals surface area contributed by atoms with Crippen molar-refractivity contribution in [2.24, 2.45) is 0 Å². The zero-order valence-electron chi connectivity index (χ0n) is 14.3. The lowest BCUT2D eigenvalue weighted by molar-refractivity contribution is 0.0950. The van der Waals surface area contributed by atoms with Gasteiger partial charge >= 0.3 is 0 Å². The van der Waals surface area contributed by atoms with Gasteiger partial charge in [-0.05, 0) is 44.7 Å². The Morgan fingerprint density at radius 1 is 1.26 bits per heavy atom. The van der Waals surface area contributed by atoms with E-state index >= 15 is 0 Å². The summed E-state index contributed by atoms with van der Waals surface area (Å²) in [5.41, 5.74) is 4.43. The number of hydrogen-bond acceptors (Lipinski definition) is 1. The fraction of sp³-hybridized carbons (Fsp3) is 0.450. The summed E-state index contributed by atoms with van der Waals surface area (Å²) in [4.78, 5) is 12.6. The molecular formula is C20H26N2O. The number of carbonyl (C=O) groups excluding carboxylic acids is 1. The molecule has 1 aromatic heterocycles. The second kappa shape index (κ2) is 6.61. The molecule has 1 N–H and O–H groups in total. The summed E-state index contributed by atoms with van der Waals surface area (Å²) in [6, 6.07) is 13.1. The van der Waals surface area contributed by atoms with Crippen LogP contribution in [-0.2, 0) is 0 Å². The monoisotopic (exact) mass is 310 g/mol. The second-order valence-corrected chi connectivity index (χ2v) is 6.61. The largest absolute Gasteiger partial charge is 0.351 e. The molecule has 0 aliphatic heterocycles. The van der Waals surface area contributed by atoms with Crippen LogP contribution in [0.2, 0.25) is 0 Å². The first-order valence-electron chi connectivity index (χ1n) is 8.63. The van der Waals surface area contributed by atoms with Gasteiger partial charge in [0.2, 0.25) is 0 Å². The molecule has 1 aliphatic carbocycles. The lowest BCUT2D eigenvalue weighted by atomic mass is 9.96. The molecule has 2 aromatic rings. The van der Waals surface area contributed by atoms with Crippen LogP contribution in [0.1, 0.15) is 65.5 Å². The number of carbonyl (C=O) groups is 1. The van der Waals surface area contributed by atoms with Crippen molar-refractivity contribution in [3.63, 3.8) is 0 Å². The molecule has 23 heavy (non-hydrogen) atoms. The van der Waals surface area contributed by atoms with Gasteiger partial charge in [-0.1, -0.05) is 37.3 Å². The van der Waals surface area contributed by atoms with E-state index in [1.54, 1.807) is 0 Å². The van der Waals surface area contributed by atoms with Gasteiger partial charge in [0, 0.05) is 29.9 Å². The Morgan fingerprint density at radius 3 is 2.57 bits per heavy atom. The van der Waals surface area contributed by atoms with Crippen LogP contribution in [0.3, 0.4) is 0 Å². The maximum absolute atomic E-state index is 12.6. The Balaban J connectivity index is 1.68. The van der Waals surface area contributed by atoms with Gasteiger partial charge in [-0.25, -0.2) is 0 Å². The average Bonchev–Trinajstić information content (AvgIpc) is 3.34. The van der Waals surface area contributed by atoms with E-state index in [1.807, 2.05) is 12.1 Å². The summed E-state index contributed by atoms with van der Waals surface area (Å²) in [6.45, 7) is 7.02. The van der Waals surface area contributed by atoms with Crippen LogP contribution in [0.4, 0.5) is 0 Å². The number of amides is 1. The molecule has 0 unspecified atom stereocenters. The Labute approximate surface area is 138 Å². The molecule has 1 fully saturated rings. The molecule has 0 bridgehead atoms. The van der Waals surface area contributed by atoms with E-state index in [-0.39, 0.29) is 5.91 Å². The van der Waals surface area contributed by atoms with E-state index in [0.717, 1.165) is 17.7 Å². The molecule has 0 saturated heterocycles. The van der Waals surface area contributed by atoms with Gasteiger partial charge in [-0.3, -0.25) is 4.79 Å². The molecule has 122 valence electrons. The average molecular weight is 310 g/mol. The van der Waals surface area contributed by atoms with Crippen LogP contribution in [-0.4, -0.2) is 17.0 Å². The molecular weight excluding hydrogens is 284 g/mol. The third kappa shape index (κ3) is 3.34. The predicted octanol–water partition coefficient (Wildman–Crippen LogP) is 4.36. The third-order valence-corrected chi connectivity index (χ3v) is 4.91. The minimum atomic E-state index is 0.0550. The van der Waals surface area contributed by atoms with E-state index in [0.29, 0.717) is 18.5 Å². The Kier molecular flexibility index (Phi) is 4.56. The van der Waals surface area contributed by atoms with Gasteiger partial charge in [-0.15, -0.1) is 0 Å². The normalized spacial score (nSPS) is 15.4. The van der Waals surface area contributed by atoms with Crippen molar-refractivity contribution < 1.29 is 4.79 Å². The number of hydrogen-bond donors (Lipinski definition) is 1. The van der Waals surface area contributed by atoms with Crippen molar-refractivity contribution in [3.8, 4) is 0 Å². The van der Waals surface area contributed by atoms with Crippen molar-refractivity contribution in [2.75, 3.05) is 6.54 Å². The highest BCUT2D eigenvalue weighted by Gasteiger charge is 2.28. The van der Waals surface area contributed by atoms with Gasteiger partial charge in [0.1, 0.15) is 0 Å². The SMILES string of the molecule is CC[C@H](CNC(=O)c1cc(C)n(C2CC2)c1C)c1ccccc1. The summed E-state index contributed by atoms with van der Waals surface area (Å²) >= 11 is 0. The highest BCUT2D eigenvalue weighted by Crippen LogP contribution is 2.38. The van der Waals surface area contributed by atoms with Crippen LogP contribution in [0, 0.1) is 13.8 Å². The van der Waals surface area contributed by atoms with Crippen LogP contribution in [0.15, 0.2) is 36.4 Å². The topological polar surface area (TPSA) is 34.0 Å². The fourth-order valence-electron chi connectivity index (χ4n) is 3.44. The molecule has 1 aromatic carbocycles. The molecule has 0 spiro atoms. The highest BCUT2D eigenvalue weighted by molar-refractivity contribution is 5.95. The first kappa shape index (κ1) is 15.9. The smallest absolute Gasteiger partial charge is 0.253 e. The van der Waals surface area contributed by atoms with Crippen LogP contribution >= 0.6 is 0 Å². The Morgan fingerprint density at radius 2 is 1.96 bits per heavy atom. The first-order valence-corrected chi connectivity index (χ1v) is 8.63. The standard InChI is InChI=1S/C20H26N2O/c1-4-16(17-8-6-5-7-9-17)13-21-20(23)19-12-14(2)22(15(19)3)18-10-11-18/h5-9,12,16,18H,4,10-11,13H2,1-3H3,(H,21,23)/t16-/m1/s1. The van der Waals surface area contributed by atoms with Gasteiger partial charge in [0.15, 0.2) is 0 Å². The highest BCUT2D eigenvalue weighted by atomic mass is 16.1. The molecule has 3 rings (SSSR count). The van der Waals surface area contributed by atoms with Crippen molar-refractivity contribution in [1.29, 1.82) is 0 Å². The number of nitrogens with zero attached hydrogens (tertiary/aromatic N) is 1. The third-order valence-electron chi connectivity index (χ3n) is 4.91. The minimum absolute atomic E-state index is 0.0550. The molecule has 0 radical (unpaired) electrons. The minimum Gasteiger partial charge on any atom is -0.351 e. The molecule has 3 heteroatoms. The van der Waals surface area contributed by atoms with Crippen LogP contribution in [0.5, 0.6) is 0 Å². The van der Waals surface area contributed by atoms with Crippen LogP contribution < -0.4 is 5.32 Å². The van der Waals surface area contributed by atoms with E-state index in [4.69, 9.17) is 0 Å². The summed E-state index contributed by atoms with van der Waals surface area (Å²) in [6.07, 6.45) is 3.50. The number of aromatic nitrogens is 1. The van der Waals surface area contributed by atoms with Gasteiger partial charge in [-0.2, -0.15) is 0 Å². The molecule has 1 amide bonds. The molecule has 3 nitrogen and oxygen atoms in total. The second-order valence-electron chi connectivity index (χ2n) is 6.61. The zero-order chi connectivity index (χ0) is 16.4. The van der Waals surface area contributed by atoms with Gasteiger partial charge in [0.25, 0.3) is 5.91 Å². The van der Waals surface area contributed by atoms with Crippen molar-refractivity contribution >= 4 is 5.91 Å². The summed E-state index contributed by atoms with van der Waals surface area (Å²) in [5.74, 6) is 0.423. The lowest BCUT2D eigenvalue weighted by Gasteiger charge is -2.16. The number of rotatable bonds is 6. The van der Waals surface area contributed by atoms with E-state index in [2.05, 4.69) is 54.9 Å². The van der Waals surface area contributed by atoms with Crippen LogP contribution in [0.25, 0.3) is 0 Å². The molecule has 1 atom stereocenters. The molecule has 1 saturated carbocycles. The van der Waals surface area contributed by atoms with Gasteiger partial charge < -0.3 is 9.88 Å². The number of aryl methyl sites for hydroxylation is 1. The van der Waals surface area contributed by atoms with E-state index < -0.39 is 0 Å². The quantitative estimate of drug-likeness (QED) is 0.845. The summed E-state index contributed by atoms with van der Waals surface area (Å²) in [7, 11) is 0. The number of nitrogens with one attached hydrogen (secondary N) is 1. The Bertz CT molecular complexity index is 683. The zero-order valence-corrected chi connectivity index (χ0v) is 14.3. The molecule has 1 heterocycles. The van der Waals surface area contributed by atoms with E-state index in [9.17, 15) is 4.79 Å². The summed E-state index contributed by atoms with van der Waals surface area (Å²) < 4.78 is 2.32. The van der Waals surface area contributed by atoms with Crippen molar-refractivity contribution in [3.05, 3.63) is 58.9 Å². The van der Waals surface area contributed by atoms with Gasteiger partial charge in [0.05, 0.1) is 5.56 Å². The number of benzene rings is 1. The Hall–Kier alpha value is -2.03. The maximum atomic E-state index is 12.6. The fourth-order valence-corrected chi connectivity index (χ4v) is 3.44. The molecule has 1 aliphatic rings. The van der Waals surface area contributed by atoms with Crippen molar-refractivity contribution in [1.82, 2.24) is 9.88 Å².